The van der Waals surface area contributed by atoms with Crippen LogP contribution in [0.5, 0.6) is 0 Å². The number of rotatable bonds is 12. The van der Waals surface area contributed by atoms with Crippen molar-refractivity contribution in [2.75, 3.05) is 26.1 Å². The van der Waals surface area contributed by atoms with E-state index in [0.717, 1.165) is 41.8 Å². The van der Waals surface area contributed by atoms with Crippen molar-refractivity contribution in [2.24, 2.45) is 46.3 Å². The molecule has 244 valence electrons. The number of carboxylic acid groups (broad SMARTS) is 1. The van der Waals surface area contributed by atoms with Crippen LogP contribution in [0.2, 0.25) is 0 Å². The normalized spacial score (nSPS) is 35.3. The van der Waals surface area contributed by atoms with Crippen molar-refractivity contribution in [3.8, 4) is 0 Å². The molecule has 0 heterocycles. The zero-order valence-corrected chi connectivity index (χ0v) is 27.7. The molecular formula is C33H60NO7P. The molecule has 0 spiro atoms. The SMILES string of the molecule is CNCC[C@@H](C)C1CCC2C3CCC4CCCCC4(C)C3CCC21C.O=CCCCC(=O)O.O=CCCP(=O)(O)CO. The topological polar surface area (TPSA) is 141 Å². The Bertz CT molecular complexity index is 900. The second kappa shape index (κ2) is 17.4. The van der Waals surface area contributed by atoms with E-state index in [0.29, 0.717) is 30.0 Å². The molecule has 4 fully saturated rings. The molecule has 4 aliphatic carbocycles. The number of aliphatic hydroxyl groups is 1. The summed E-state index contributed by atoms with van der Waals surface area (Å²) in [6.45, 7) is 9.19. The summed E-state index contributed by atoms with van der Waals surface area (Å²) in [7, 11) is -1.25. The number of aliphatic carboxylic acids is 1. The minimum atomic E-state index is -3.37. The minimum absolute atomic E-state index is 0.0360. The third-order valence-electron chi connectivity index (χ3n) is 11.7. The Morgan fingerprint density at radius 3 is 2.29 bits per heavy atom. The van der Waals surface area contributed by atoms with Crippen LogP contribution in [0.3, 0.4) is 0 Å². The first-order valence-electron chi connectivity index (χ1n) is 16.6. The van der Waals surface area contributed by atoms with Gasteiger partial charge < -0.3 is 30.0 Å². The number of aliphatic hydroxyl groups excluding tert-OH is 1. The van der Waals surface area contributed by atoms with Gasteiger partial charge in [0.2, 0.25) is 7.37 Å². The molecule has 0 aromatic heterocycles. The Morgan fingerprint density at radius 1 is 0.976 bits per heavy atom. The lowest BCUT2D eigenvalue weighted by Gasteiger charge is -2.61. The molecule has 0 aliphatic heterocycles. The van der Waals surface area contributed by atoms with Crippen molar-refractivity contribution in [1.29, 1.82) is 0 Å². The quantitative estimate of drug-likeness (QED) is 0.111. The standard InChI is InChI=1S/C24H43N.C5H8O3.C4H9O4P/c1-17(13-16-25-4)20-10-11-21-19-9-8-18-7-5-6-14-23(18,2)22(19)12-15-24(20,21)3;6-4-2-1-3-5(7)8;5-2-1-3-9(7,8)4-6/h17-22,25H,5-16H2,1-4H3;4H,1-3H2,(H,7,8);2,6H,1,3-4H2,(H,7,8)/t17-,18?,19?,20?,21?,22?,23?,24?;;/m1../s1. The average Bonchev–Trinajstić information content (AvgIpc) is 3.32. The number of aldehydes is 2. The van der Waals surface area contributed by atoms with E-state index in [9.17, 15) is 18.9 Å². The Balaban J connectivity index is 0.000000300. The van der Waals surface area contributed by atoms with E-state index in [4.69, 9.17) is 15.1 Å². The van der Waals surface area contributed by atoms with Gasteiger partial charge in [-0.05, 0) is 124 Å². The monoisotopic (exact) mass is 613 g/mol. The highest BCUT2D eigenvalue weighted by atomic mass is 31.2. The van der Waals surface area contributed by atoms with Gasteiger partial charge in [-0.25, -0.2) is 0 Å². The average molecular weight is 614 g/mol. The van der Waals surface area contributed by atoms with Crippen molar-refractivity contribution >= 4 is 25.9 Å². The van der Waals surface area contributed by atoms with Gasteiger partial charge in [-0.15, -0.1) is 0 Å². The Morgan fingerprint density at radius 2 is 1.67 bits per heavy atom. The van der Waals surface area contributed by atoms with Crippen LogP contribution in [0.1, 0.15) is 117 Å². The van der Waals surface area contributed by atoms with Gasteiger partial charge in [0.1, 0.15) is 18.9 Å². The molecular weight excluding hydrogens is 553 g/mol. The molecule has 4 saturated carbocycles. The van der Waals surface area contributed by atoms with Crippen LogP contribution < -0.4 is 5.32 Å². The molecule has 4 aliphatic rings. The second-order valence-corrected chi connectivity index (χ2v) is 16.5. The maximum atomic E-state index is 10.5. The molecule has 0 aromatic rings. The first-order valence-corrected chi connectivity index (χ1v) is 18.6. The predicted octanol–water partition coefficient (Wildman–Crippen LogP) is 6.52. The van der Waals surface area contributed by atoms with Gasteiger partial charge in [0.15, 0.2) is 0 Å². The van der Waals surface area contributed by atoms with Gasteiger partial charge >= 0.3 is 5.97 Å². The van der Waals surface area contributed by atoms with Crippen molar-refractivity contribution in [2.45, 2.75) is 117 Å². The molecule has 0 bridgehead atoms. The predicted molar refractivity (Wildman–Crippen MR) is 168 cm³/mol. The molecule has 4 rings (SSSR count). The molecule has 9 atom stereocenters. The number of hydrogen-bond donors (Lipinski definition) is 4. The zero-order chi connectivity index (χ0) is 31.4. The third-order valence-corrected chi connectivity index (χ3v) is 13.1. The Kier molecular flexibility index (Phi) is 15.4. The third kappa shape index (κ3) is 9.71. The van der Waals surface area contributed by atoms with Crippen LogP contribution in [0, 0.1) is 46.3 Å². The molecule has 42 heavy (non-hydrogen) atoms. The van der Waals surface area contributed by atoms with Crippen LogP contribution in [0.15, 0.2) is 0 Å². The summed E-state index contributed by atoms with van der Waals surface area (Å²) in [5.41, 5.74) is 1.37. The summed E-state index contributed by atoms with van der Waals surface area (Å²) in [6, 6.07) is 0. The molecule has 0 aromatic carbocycles. The van der Waals surface area contributed by atoms with Crippen LogP contribution in [0.25, 0.3) is 0 Å². The lowest BCUT2D eigenvalue weighted by atomic mass is 9.44. The molecule has 0 amide bonds. The number of hydrogen-bond acceptors (Lipinski definition) is 6. The highest BCUT2D eigenvalue weighted by molar-refractivity contribution is 7.57. The second-order valence-electron chi connectivity index (χ2n) is 14.1. The number of carbonyl (C=O) groups is 3. The fraction of sp³-hybridized carbons (Fsp3) is 0.909. The molecule has 8 unspecified atom stereocenters. The molecule has 4 N–H and O–H groups in total. The lowest BCUT2D eigenvalue weighted by molar-refractivity contribution is -0.137. The van der Waals surface area contributed by atoms with Crippen LogP contribution in [-0.2, 0) is 18.9 Å². The number of carboxylic acids is 1. The first kappa shape index (κ1) is 37.1. The van der Waals surface area contributed by atoms with E-state index >= 15 is 0 Å². The van der Waals surface area contributed by atoms with E-state index in [-0.39, 0.29) is 19.0 Å². The largest absolute Gasteiger partial charge is 0.481 e. The smallest absolute Gasteiger partial charge is 0.303 e. The van der Waals surface area contributed by atoms with E-state index in [1.54, 1.807) is 38.5 Å². The van der Waals surface area contributed by atoms with E-state index in [1.165, 1.54) is 38.6 Å². The van der Waals surface area contributed by atoms with Crippen LogP contribution >= 0.6 is 7.37 Å². The minimum Gasteiger partial charge on any atom is -0.481 e. The van der Waals surface area contributed by atoms with Gasteiger partial charge in [-0.1, -0.05) is 33.6 Å². The summed E-state index contributed by atoms with van der Waals surface area (Å²) in [6.07, 6.45) is 18.2. The first-order chi connectivity index (χ1) is 19.9. The summed E-state index contributed by atoms with van der Waals surface area (Å²) in [5.74, 6) is 5.30. The summed E-state index contributed by atoms with van der Waals surface area (Å²) in [5, 5.41) is 19.6. The van der Waals surface area contributed by atoms with Crippen molar-refractivity contribution in [3.63, 3.8) is 0 Å². The van der Waals surface area contributed by atoms with Gasteiger partial charge in [-0.3, -0.25) is 9.36 Å². The number of fused-ring (bicyclic) bond motifs is 5. The highest BCUT2D eigenvalue weighted by Gasteiger charge is 2.60. The Labute approximate surface area is 254 Å². The zero-order valence-electron chi connectivity index (χ0n) is 26.8. The fourth-order valence-corrected chi connectivity index (χ4v) is 10.2. The lowest BCUT2D eigenvalue weighted by Crippen LogP contribution is -2.53. The molecule has 0 saturated heterocycles. The summed E-state index contributed by atoms with van der Waals surface area (Å²) in [4.78, 5) is 37.6. The highest BCUT2D eigenvalue weighted by Crippen LogP contribution is 2.68. The van der Waals surface area contributed by atoms with Crippen LogP contribution in [-0.4, -0.2) is 59.8 Å². The number of nitrogens with one attached hydrogen (secondary N) is 1. The number of unbranched alkanes of at least 4 members (excludes halogenated alkanes) is 1. The van der Waals surface area contributed by atoms with E-state index in [1.807, 2.05) is 0 Å². The molecule has 8 nitrogen and oxygen atoms in total. The van der Waals surface area contributed by atoms with Gasteiger partial charge in [-0.2, -0.15) is 0 Å². The van der Waals surface area contributed by atoms with Gasteiger partial charge in [0.25, 0.3) is 0 Å². The number of carbonyl (C=O) groups excluding carboxylic acids is 2. The van der Waals surface area contributed by atoms with Gasteiger partial charge in [0.05, 0.1) is 0 Å². The van der Waals surface area contributed by atoms with Crippen molar-refractivity contribution in [3.05, 3.63) is 0 Å². The van der Waals surface area contributed by atoms with Crippen LogP contribution in [0.4, 0.5) is 0 Å². The fourth-order valence-electron chi connectivity index (χ4n) is 9.51. The molecule has 0 radical (unpaired) electrons. The maximum Gasteiger partial charge on any atom is 0.303 e. The Hall–Kier alpha value is -1.08. The maximum absolute atomic E-state index is 10.5. The summed E-state index contributed by atoms with van der Waals surface area (Å²) >= 11 is 0. The van der Waals surface area contributed by atoms with Crippen molar-refractivity contribution in [1.82, 2.24) is 5.32 Å². The summed E-state index contributed by atoms with van der Waals surface area (Å²) < 4.78 is 10.5. The van der Waals surface area contributed by atoms with Gasteiger partial charge in [0, 0.05) is 25.4 Å². The van der Waals surface area contributed by atoms with E-state index in [2.05, 4.69) is 33.1 Å². The molecule has 9 heteroatoms. The van der Waals surface area contributed by atoms with Crippen molar-refractivity contribution < 1.29 is 34.1 Å². The van der Waals surface area contributed by atoms with E-state index < -0.39 is 19.7 Å².